The third-order valence-electron chi connectivity index (χ3n) is 1.72. The van der Waals surface area contributed by atoms with Crippen molar-refractivity contribution in [3.05, 3.63) is 0 Å². The fourth-order valence-electron chi connectivity index (χ4n) is 1.08. The van der Waals surface area contributed by atoms with Crippen LogP contribution in [-0.2, 0) is 9.57 Å². The minimum atomic E-state index is -0.389. The molecule has 0 atom stereocenters. The molecule has 1 N–H and O–H groups in total. The Labute approximate surface area is 98.0 Å². The number of rotatable bonds is 6. The van der Waals surface area contributed by atoms with Crippen LogP contribution < -0.4 is 5.32 Å². The zero-order valence-electron chi connectivity index (χ0n) is 11.0. The van der Waals surface area contributed by atoms with Gasteiger partial charge in [-0.25, -0.2) is 4.79 Å². The van der Waals surface area contributed by atoms with Crippen molar-refractivity contribution in [2.24, 2.45) is 0 Å². The number of amides is 1. The molecule has 0 aliphatic carbocycles. The first-order chi connectivity index (χ1) is 7.39. The van der Waals surface area contributed by atoms with Gasteiger partial charge in [0.2, 0.25) is 0 Å². The second-order valence-corrected chi connectivity index (χ2v) is 4.45. The first-order valence-electron chi connectivity index (χ1n) is 5.71. The van der Waals surface area contributed by atoms with Gasteiger partial charge in [-0.2, -0.15) is 5.06 Å². The maximum atomic E-state index is 11.3. The minimum absolute atomic E-state index is 0.262. The number of nitrogens with one attached hydrogen (secondary N) is 1. The SMILES string of the molecule is CCON(CC)CCOC(=O)NC(C)(C)C. The number of carbonyl (C=O) groups excluding carboxylic acids is 1. The van der Waals surface area contributed by atoms with Crippen LogP contribution >= 0.6 is 0 Å². The zero-order valence-corrected chi connectivity index (χ0v) is 11.0. The maximum absolute atomic E-state index is 11.3. The van der Waals surface area contributed by atoms with E-state index in [2.05, 4.69) is 5.32 Å². The van der Waals surface area contributed by atoms with Crippen molar-refractivity contribution in [1.29, 1.82) is 0 Å². The van der Waals surface area contributed by atoms with Crippen LogP contribution in [0.1, 0.15) is 34.6 Å². The average Bonchev–Trinajstić information content (AvgIpc) is 2.13. The van der Waals surface area contributed by atoms with Crippen LogP contribution in [0.5, 0.6) is 0 Å². The van der Waals surface area contributed by atoms with E-state index in [9.17, 15) is 4.79 Å². The van der Waals surface area contributed by atoms with E-state index in [1.54, 1.807) is 5.06 Å². The topological polar surface area (TPSA) is 50.8 Å². The number of hydrogen-bond donors (Lipinski definition) is 1. The van der Waals surface area contributed by atoms with Crippen molar-refractivity contribution in [2.45, 2.75) is 40.2 Å². The quantitative estimate of drug-likeness (QED) is 0.709. The molecule has 16 heavy (non-hydrogen) atoms. The number of likely N-dealkylation sites (N-methyl/N-ethyl adjacent to an activating group) is 1. The Morgan fingerprint density at radius 3 is 2.38 bits per heavy atom. The molecule has 1 amide bonds. The molecule has 0 spiro atoms. The van der Waals surface area contributed by atoms with Crippen molar-refractivity contribution in [3.63, 3.8) is 0 Å². The third kappa shape index (κ3) is 8.49. The molecule has 5 nitrogen and oxygen atoms in total. The first-order valence-corrected chi connectivity index (χ1v) is 5.71. The summed E-state index contributed by atoms with van der Waals surface area (Å²) in [5.41, 5.74) is -0.262. The molecule has 0 aromatic rings. The van der Waals surface area contributed by atoms with Gasteiger partial charge in [0.15, 0.2) is 0 Å². The highest BCUT2D eigenvalue weighted by Gasteiger charge is 2.14. The number of hydroxylamine groups is 2. The summed E-state index contributed by atoms with van der Waals surface area (Å²) in [6, 6.07) is 0. The Morgan fingerprint density at radius 2 is 1.94 bits per heavy atom. The fourth-order valence-corrected chi connectivity index (χ4v) is 1.08. The Kier molecular flexibility index (Phi) is 7.08. The number of nitrogens with zero attached hydrogens (tertiary/aromatic N) is 1. The highest BCUT2D eigenvalue weighted by Crippen LogP contribution is 1.99. The van der Waals surface area contributed by atoms with E-state index < -0.39 is 0 Å². The second kappa shape index (κ2) is 7.46. The summed E-state index contributed by atoms with van der Waals surface area (Å²) in [5, 5.41) is 4.49. The number of ether oxygens (including phenoxy) is 1. The molecular formula is C11H24N2O3. The predicted octanol–water partition coefficient (Wildman–Crippen LogP) is 1.78. The molecule has 0 saturated heterocycles. The lowest BCUT2D eigenvalue weighted by atomic mass is 10.1. The molecule has 0 aromatic carbocycles. The summed E-state index contributed by atoms with van der Waals surface area (Å²) in [6.45, 7) is 12.0. The van der Waals surface area contributed by atoms with Gasteiger partial charge in [-0.1, -0.05) is 6.92 Å². The normalized spacial score (nSPS) is 11.6. The van der Waals surface area contributed by atoms with Crippen molar-refractivity contribution in [3.8, 4) is 0 Å². The summed E-state index contributed by atoms with van der Waals surface area (Å²) in [5.74, 6) is 0. The molecule has 0 heterocycles. The largest absolute Gasteiger partial charge is 0.448 e. The molecule has 0 aliphatic heterocycles. The Morgan fingerprint density at radius 1 is 1.31 bits per heavy atom. The lowest BCUT2D eigenvalue weighted by Crippen LogP contribution is -2.41. The van der Waals surface area contributed by atoms with Gasteiger partial charge in [0.1, 0.15) is 6.61 Å². The molecule has 0 unspecified atom stereocenters. The molecule has 0 fully saturated rings. The van der Waals surface area contributed by atoms with E-state index in [0.717, 1.165) is 6.54 Å². The van der Waals surface area contributed by atoms with Gasteiger partial charge in [-0.3, -0.25) is 4.84 Å². The highest BCUT2D eigenvalue weighted by molar-refractivity contribution is 5.67. The van der Waals surface area contributed by atoms with Crippen LogP contribution in [-0.4, -0.2) is 43.0 Å². The van der Waals surface area contributed by atoms with Gasteiger partial charge < -0.3 is 10.1 Å². The van der Waals surface area contributed by atoms with E-state index in [4.69, 9.17) is 9.57 Å². The number of hydrogen-bond acceptors (Lipinski definition) is 4. The predicted molar refractivity (Wildman–Crippen MR) is 63.1 cm³/mol. The van der Waals surface area contributed by atoms with E-state index in [-0.39, 0.29) is 11.6 Å². The second-order valence-electron chi connectivity index (χ2n) is 4.45. The molecule has 0 aliphatic rings. The van der Waals surface area contributed by atoms with Gasteiger partial charge >= 0.3 is 6.09 Å². The van der Waals surface area contributed by atoms with Gasteiger partial charge in [-0.05, 0) is 27.7 Å². The summed E-state index contributed by atoms with van der Waals surface area (Å²) < 4.78 is 5.02. The summed E-state index contributed by atoms with van der Waals surface area (Å²) in [4.78, 5) is 16.6. The van der Waals surface area contributed by atoms with Crippen molar-refractivity contribution in [1.82, 2.24) is 10.4 Å². The monoisotopic (exact) mass is 232 g/mol. The molecule has 0 rings (SSSR count). The Hall–Kier alpha value is -0.810. The highest BCUT2D eigenvalue weighted by atomic mass is 16.7. The molecular weight excluding hydrogens is 208 g/mol. The van der Waals surface area contributed by atoms with Crippen LogP contribution in [0.2, 0.25) is 0 Å². The Balaban J connectivity index is 3.68. The molecule has 0 saturated carbocycles. The van der Waals surface area contributed by atoms with Gasteiger partial charge in [-0.15, -0.1) is 0 Å². The van der Waals surface area contributed by atoms with E-state index in [1.807, 2.05) is 34.6 Å². The van der Waals surface area contributed by atoms with Gasteiger partial charge in [0.25, 0.3) is 0 Å². The molecule has 0 aromatic heterocycles. The number of carbonyl (C=O) groups is 1. The molecule has 96 valence electrons. The fraction of sp³-hybridized carbons (Fsp3) is 0.909. The third-order valence-corrected chi connectivity index (χ3v) is 1.72. The molecule has 5 heteroatoms. The van der Waals surface area contributed by atoms with Crippen LogP contribution in [0.3, 0.4) is 0 Å². The van der Waals surface area contributed by atoms with E-state index >= 15 is 0 Å². The van der Waals surface area contributed by atoms with Crippen LogP contribution in [0, 0.1) is 0 Å². The minimum Gasteiger partial charge on any atom is -0.448 e. The first kappa shape index (κ1) is 15.2. The van der Waals surface area contributed by atoms with E-state index in [1.165, 1.54) is 0 Å². The van der Waals surface area contributed by atoms with Crippen LogP contribution in [0.4, 0.5) is 4.79 Å². The Bertz CT molecular complexity index is 202. The van der Waals surface area contributed by atoms with Crippen LogP contribution in [0.25, 0.3) is 0 Å². The van der Waals surface area contributed by atoms with Crippen molar-refractivity contribution in [2.75, 3.05) is 26.3 Å². The summed E-state index contributed by atoms with van der Waals surface area (Å²) >= 11 is 0. The summed E-state index contributed by atoms with van der Waals surface area (Å²) in [6.07, 6.45) is -0.389. The lowest BCUT2D eigenvalue weighted by molar-refractivity contribution is -0.156. The average molecular weight is 232 g/mol. The molecule has 0 bridgehead atoms. The smallest absolute Gasteiger partial charge is 0.407 e. The zero-order chi connectivity index (χ0) is 12.6. The summed E-state index contributed by atoms with van der Waals surface area (Å²) in [7, 11) is 0. The standard InChI is InChI=1S/C11H24N2O3/c1-6-13(16-7-2)8-9-15-10(14)12-11(3,4)5/h6-9H2,1-5H3,(H,12,14). The van der Waals surface area contributed by atoms with E-state index in [0.29, 0.717) is 19.8 Å². The van der Waals surface area contributed by atoms with Crippen LogP contribution in [0.15, 0.2) is 0 Å². The molecule has 0 radical (unpaired) electrons. The van der Waals surface area contributed by atoms with Crippen molar-refractivity contribution < 1.29 is 14.4 Å². The van der Waals surface area contributed by atoms with Crippen molar-refractivity contribution >= 4 is 6.09 Å². The lowest BCUT2D eigenvalue weighted by Gasteiger charge is -2.21. The van der Waals surface area contributed by atoms with Gasteiger partial charge in [0.05, 0.1) is 13.2 Å². The maximum Gasteiger partial charge on any atom is 0.407 e. The number of alkyl carbamates (subject to hydrolysis) is 1. The van der Waals surface area contributed by atoms with Gasteiger partial charge in [0, 0.05) is 12.1 Å².